The van der Waals surface area contributed by atoms with Gasteiger partial charge in [0, 0.05) is 13.1 Å². The first kappa shape index (κ1) is 18.3. The number of likely N-dealkylation sites (N-methyl/N-ethyl adjacent to an activating group) is 1. The van der Waals surface area contributed by atoms with Gasteiger partial charge in [0.15, 0.2) is 5.82 Å². The molecule has 0 aliphatic carbocycles. The number of benzene rings is 1. The molecule has 0 radical (unpaired) electrons. The molecule has 140 valence electrons. The summed E-state index contributed by atoms with van der Waals surface area (Å²) < 4.78 is 19.5. The summed E-state index contributed by atoms with van der Waals surface area (Å²) in [4.78, 5) is 26.0. The maximum absolute atomic E-state index is 13.1. The largest absolute Gasteiger partial charge is 0.360 e. The number of anilines is 1. The van der Waals surface area contributed by atoms with E-state index in [0.717, 1.165) is 0 Å². The number of carbonyl (C=O) groups excluding carboxylic acids is 2. The number of halogens is 1. The topological polar surface area (TPSA) is 93.3 Å². The number of amides is 2. The first-order valence-corrected chi connectivity index (χ1v) is 8.14. The van der Waals surface area contributed by atoms with E-state index >= 15 is 0 Å². The molecule has 0 aliphatic heterocycles. The van der Waals surface area contributed by atoms with Gasteiger partial charge in [-0.1, -0.05) is 5.16 Å². The van der Waals surface area contributed by atoms with Crippen molar-refractivity contribution >= 4 is 17.6 Å². The molecule has 27 heavy (non-hydrogen) atoms. The van der Waals surface area contributed by atoms with E-state index in [-0.39, 0.29) is 18.3 Å². The van der Waals surface area contributed by atoms with E-state index in [1.807, 2.05) is 0 Å². The first-order chi connectivity index (χ1) is 12.8. The van der Waals surface area contributed by atoms with E-state index in [1.165, 1.54) is 30.3 Å². The van der Waals surface area contributed by atoms with Crippen molar-refractivity contribution in [2.45, 2.75) is 13.8 Å². The number of nitrogens with one attached hydrogen (secondary N) is 1. The van der Waals surface area contributed by atoms with Crippen molar-refractivity contribution in [1.29, 1.82) is 0 Å². The van der Waals surface area contributed by atoms with Crippen molar-refractivity contribution in [1.82, 2.24) is 19.8 Å². The Hall–Kier alpha value is -3.49. The second-order valence-corrected chi connectivity index (χ2v) is 6.06. The van der Waals surface area contributed by atoms with Gasteiger partial charge in [0.1, 0.15) is 11.6 Å². The van der Waals surface area contributed by atoms with Crippen LogP contribution in [0.15, 0.2) is 41.1 Å². The predicted molar refractivity (Wildman–Crippen MR) is 95.1 cm³/mol. The summed E-state index contributed by atoms with van der Waals surface area (Å²) in [6.45, 7) is 3.28. The lowest BCUT2D eigenvalue weighted by Crippen LogP contribution is -2.35. The fraction of sp³-hybridized carbons (Fsp3) is 0.222. The quantitative estimate of drug-likeness (QED) is 0.743. The van der Waals surface area contributed by atoms with Gasteiger partial charge >= 0.3 is 0 Å². The zero-order chi connectivity index (χ0) is 19.6. The Morgan fingerprint density at radius 1 is 1.26 bits per heavy atom. The van der Waals surface area contributed by atoms with Crippen LogP contribution in [0.4, 0.5) is 10.2 Å². The van der Waals surface area contributed by atoms with Crippen LogP contribution >= 0.6 is 0 Å². The van der Waals surface area contributed by atoms with E-state index < -0.39 is 5.91 Å². The number of aromatic nitrogens is 3. The molecule has 8 nitrogen and oxygen atoms in total. The summed E-state index contributed by atoms with van der Waals surface area (Å²) in [6.07, 6.45) is 1.43. The second-order valence-electron chi connectivity index (χ2n) is 6.06. The third kappa shape index (κ3) is 4.02. The fourth-order valence-corrected chi connectivity index (χ4v) is 2.56. The SMILES string of the molecule is Cc1cc(NC(=O)CN(C)C(=O)c2cnn(-c3ccc(F)cc3)c2C)no1. The molecule has 0 aliphatic rings. The number of hydrogen-bond donors (Lipinski definition) is 1. The molecule has 2 aromatic heterocycles. The Morgan fingerprint density at radius 3 is 2.59 bits per heavy atom. The van der Waals surface area contributed by atoms with Crippen molar-refractivity contribution in [3.63, 3.8) is 0 Å². The van der Waals surface area contributed by atoms with Crippen LogP contribution in [-0.4, -0.2) is 45.2 Å². The maximum atomic E-state index is 13.1. The standard InChI is InChI=1S/C18H18FN5O3/c1-11-8-16(22-27-11)21-17(25)10-23(3)18(26)15-9-20-24(12(15)2)14-6-4-13(19)5-7-14/h4-9H,10H2,1-3H3,(H,21,22,25). The summed E-state index contributed by atoms with van der Waals surface area (Å²) in [5.74, 6) is -0.250. The minimum Gasteiger partial charge on any atom is -0.360 e. The summed E-state index contributed by atoms with van der Waals surface area (Å²) in [6, 6.07) is 7.36. The van der Waals surface area contributed by atoms with Gasteiger partial charge < -0.3 is 14.7 Å². The molecular formula is C18H18FN5O3. The Balaban J connectivity index is 1.69. The number of hydrogen-bond acceptors (Lipinski definition) is 5. The van der Waals surface area contributed by atoms with Crippen LogP contribution < -0.4 is 5.32 Å². The Kier molecular flexibility index (Phi) is 5.02. The van der Waals surface area contributed by atoms with E-state index in [2.05, 4.69) is 15.6 Å². The number of rotatable bonds is 5. The van der Waals surface area contributed by atoms with E-state index in [9.17, 15) is 14.0 Å². The van der Waals surface area contributed by atoms with Crippen LogP contribution in [0.1, 0.15) is 21.8 Å². The Bertz CT molecular complexity index is 977. The van der Waals surface area contributed by atoms with E-state index in [4.69, 9.17) is 4.52 Å². The molecular weight excluding hydrogens is 353 g/mol. The highest BCUT2D eigenvalue weighted by molar-refractivity contribution is 5.99. The Morgan fingerprint density at radius 2 is 1.96 bits per heavy atom. The molecule has 2 heterocycles. The molecule has 0 unspecified atom stereocenters. The highest BCUT2D eigenvalue weighted by atomic mass is 19.1. The fourth-order valence-electron chi connectivity index (χ4n) is 2.56. The first-order valence-electron chi connectivity index (χ1n) is 8.14. The van der Waals surface area contributed by atoms with Gasteiger partial charge in [-0.3, -0.25) is 9.59 Å². The van der Waals surface area contributed by atoms with Crippen molar-refractivity contribution in [2.24, 2.45) is 0 Å². The lowest BCUT2D eigenvalue weighted by atomic mass is 10.2. The summed E-state index contributed by atoms with van der Waals surface area (Å²) in [5, 5.41) is 10.4. The zero-order valence-electron chi connectivity index (χ0n) is 15.1. The third-order valence-corrected chi connectivity index (χ3v) is 3.93. The molecule has 0 spiro atoms. The predicted octanol–water partition coefficient (Wildman–Crippen LogP) is 2.33. The highest BCUT2D eigenvalue weighted by Gasteiger charge is 2.21. The average molecular weight is 371 g/mol. The molecule has 0 bridgehead atoms. The number of carbonyl (C=O) groups is 2. The normalized spacial score (nSPS) is 10.7. The molecule has 2 amide bonds. The van der Waals surface area contributed by atoms with Gasteiger partial charge in [-0.15, -0.1) is 0 Å². The maximum Gasteiger partial charge on any atom is 0.257 e. The third-order valence-electron chi connectivity index (χ3n) is 3.93. The molecule has 3 rings (SSSR count). The average Bonchev–Trinajstić information content (AvgIpc) is 3.20. The highest BCUT2D eigenvalue weighted by Crippen LogP contribution is 2.16. The summed E-state index contributed by atoms with van der Waals surface area (Å²) in [7, 11) is 1.52. The van der Waals surface area contributed by atoms with Crippen LogP contribution in [0.2, 0.25) is 0 Å². The van der Waals surface area contributed by atoms with E-state index in [0.29, 0.717) is 28.5 Å². The van der Waals surface area contributed by atoms with Crippen molar-refractivity contribution in [3.8, 4) is 5.69 Å². The lowest BCUT2D eigenvalue weighted by Gasteiger charge is -2.16. The molecule has 3 aromatic rings. The van der Waals surface area contributed by atoms with Gasteiger partial charge in [0.25, 0.3) is 5.91 Å². The van der Waals surface area contributed by atoms with Gasteiger partial charge in [0.2, 0.25) is 5.91 Å². The molecule has 0 saturated heterocycles. The second kappa shape index (κ2) is 7.40. The van der Waals surface area contributed by atoms with Crippen LogP contribution in [-0.2, 0) is 4.79 Å². The molecule has 9 heteroatoms. The van der Waals surface area contributed by atoms with Crippen LogP contribution in [0.5, 0.6) is 0 Å². The van der Waals surface area contributed by atoms with Crippen molar-refractivity contribution in [3.05, 3.63) is 59.4 Å². The smallest absolute Gasteiger partial charge is 0.257 e. The van der Waals surface area contributed by atoms with Crippen LogP contribution in [0.25, 0.3) is 5.69 Å². The van der Waals surface area contributed by atoms with Crippen molar-refractivity contribution in [2.75, 3.05) is 18.9 Å². The van der Waals surface area contributed by atoms with Crippen LogP contribution in [0, 0.1) is 19.7 Å². The molecule has 1 N–H and O–H groups in total. The molecule has 0 saturated carbocycles. The van der Waals surface area contributed by atoms with Crippen LogP contribution in [0.3, 0.4) is 0 Å². The number of nitrogens with zero attached hydrogens (tertiary/aromatic N) is 4. The summed E-state index contributed by atoms with van der Waals surface area (Å²) in [5.41, 5.74) is 1.58. The van der Waals surface area contributed by atoms with Gasteiger partial charge in [-0.05, 0) is 38.1 Å². The Labute approximate surface area is 154 Å². The monoisotopic (exact) mass is 371 g/mol. The lowest BCUT2D eigenvalue weighted by molar-refractivity contribution is -0.116. The van der Waals surface area contributed by atoms with Gasteiger partial charge in [0.05, 0.1) is 29.7 Å². The molecule has 0 atom stereocenters. The van der Waals surface area contributed by atoms with E-state index in [1.54, 1.807) is 36.7 Å². The van der Waals surface area contributed by atoms with Crippen molar-refractivity contribution < 1.29 is 18.5 Å². The number of aryl methyl sites for hydroxylation is 1. The van der Waals surface area contributed by atoms with Gasteiger partial charge in [-0.2, -0.15) is 5.10 Å². The summed E-state index contributed by atoms with van der Waals surface area (Å²) >= 11 is 0. The molecule has 1 aromatic carbocycles. The molecule has 0 fully saturated rings. The zero-order valence-corrected chi connectivity index (χ0v) is 15.1. The van der Waals surface area contributed by atoms with Gasteiger partial charge in [-0.25, -0.2) is 9.07 Å². The minimum atomic E-state index is -0.400. The minimum absolute atomic E-state index is 0.161.